The highest BCUT2D eigenvalue weighted by molar-refractivity contribution is 5.86. The van der Waals surface area contributed by atoms with E-state index in [4.69, 9.17) is 14.6 Å². The Morgan fingerprint density at radius 2 is 2.15 bits per heavy atom. The third-order valence-corrected chi connectivity index (χ3v) is 3.00. The average Bonchev–Trinajstić information content (AvgIpc) is 2.83. The molecule has 0 radical (unpaired) electrons. The fourth-order valence-corrected chi connectivity index (χ4v) is 1.73. The van der Waals surface area contributed by atoms with Gasteiger partial charge in [-0.3, -0.25) is 0 Å². The summed E-state index contributed by atoms with van der Waals surface area (Å²) in [5, 5.41) is 14.2. The Morgan fingerprint density at radius 3 is 2.70 bits per heavy atom. The Hall–Kier alpha value is -1.38. The molecule has 1 rings (SSSR count). The monoisotopic (exact) mass is 289 g/mol. The number of nitrogens with one attached hydrogen (secondary N) is 2. The molecule has 3 N–H and O–H groups in total. The van der Waals surface area contributed by atoms with Crippen molar-refractivity contribution in [2.45, 2.75) is 12.0 Å². The lowest BCUT2D eigenvalue weighted by atomic mass is 9.99. The summed E-state index contributed by atoms with van der Waals surface area (Å²) in [5.41, 5.74) is -1.31. The third-order valence-electron chi connectivity index (χ3n) is 3.00. The van der Waals surface area contributed by atoms with E-state index in [9.17, 15) is 9.59 Å². The molecule has 0 bridgehead atoms. The number of carbonyl (C=O) groups excluding carboxylic acids is 1. The first-order valence-corrected chi connectivity index (χ1v) is 6.56. The van der Waals surface area contributed by atoms with E-state index in [1.165, 1.54) is 0 Å². The van der Waals surface area contributed by atoms with Crippen LogP contribution in [0.3, 0.4) is 0 Å². The Labute approximate surface area is 118 Å². The van der Waals surface area contributed by atoms with Gasteiger partial charge in [-0.15, -0.1) is 0 Å². The van der Waals surface area contributed by atoms with Gasteiger partial charge in [-0.2, -0.15) is 0 Å². The molecule has 8 nitrogen and oxygen atoms in total. The summed E-state index contributed by atoms with van der Waals surface area (Å²) in [4.78, 5) is 24.8. The van der Waals surface area contributed by atoms with E-state index >= 15 is 0 Å². The highest BCUT2D eigenvalue weighted by atomic mass is 16.5. The van der Waals surface area contributed by atoms with Crippen LogP contribution in [-0.4, -0.2) is 81.2 Å². The predicted octanol–water partition coefficient (Wildman–Crippen LogP) is -0.892. The number of carboxylic acids is 1. The van der Waals surface area contributed by atoms with Gasteiger partial charge in [-0.1, -0.05) is 0 Å². The van der Waals surface area contributed by atoms with Crippen molar-refractivity contribution in [2.24, 2.45) is 0 Å². The van der Waals surface area contributed by atoms with Crippen LogP contribution < -0.4 is 10.6 Å². The van der Waals surface area contributed by atoms with Crippen LogP contribution in [0.4, 0.5) is 4.79 Å². The fraction of sp³-hybridized carbons (Fsp3) is 0.833. The number of hydrogen-bond acceptors (Lipinski definition) is 5. The maximum atomic E-state index is 11.6. The Kier molecular flexibility index (Phi) is 6.69. The lowest BCUT2D eigenvalue weighted by Crippen LogP contribution is -2.58. The van der Waals surface area contributed by atoms with Crippen molar-refractivity contribution in [3.05, 3.63) is 0 Å². The standard InChI is InChI=1S/C12H23N3O5/c1-15(2)5-8-19-7-4-13-11(18)14-12(10(16)17)3-6-20-9-12/h3-9H2,1-2H3,(H,16,17)(H2,13,14,18). The van der Waals surface area contributed by atoms with Crippen LogP contribution in [-0.2, 0) is 14.3 Å². The van der Waals surface area contributed by atoms with Crippen molar-refractivity contribution in [3.8, 4) is 0 Å². The highest BCUT2D eigenvalue weighted by Crippen LogP contribution is 2.18. The van der Waals surface area contributed by atoms with E-state index in [1.54, 1.807) is 0 Å². The number of aliphatic carboxylic acids is 1. The molecular weight excluding hydrogens is 266 g/mol. The van der Waals surface area contributed by atoms with Gasteiger partial charge in [0.05, 0.1) is 19.8 Å². The molecule has 1 aliphatic heterocycles. The van der Waals surface area contributed by atoms with Gasteiger partial charge in [-0.25, -0.2) is 9.59 Å². The normalized spacial score (nSPS) is 21.9. The van der Waals surface area contributed by atoms with Gasteiger partial charge < -0.3 is 30.1 Å². The van der Waals surface area contributed by atoms with Crippen molar-refractivity contribution < 1.29 is 24.2 Å². The van der Waals surface area contributed by atoms with Crippen LogP contribution in [0.25, 0.3) is 0 Å². The molecule has 1 unspecified atom stereocenters. The largest absolute Gasteiger partial charge is 0.479 e. The number of nitrogens with zero attached hydrogens (tertiary/aromatic N) is 1. The molecule has 1 aliphatic rings. The molecule has 20 heavy (non-hydrogen) atoms. The third kappa shape index (κ3) is 5.32. The molecular formula is C12H23N3O5. The molecule has 2 amide bonds. The maximum absolute atomic E-state index is 11.6. The summed E-state index contributed by atoms with van der Waals surface area (Å²) in [7, 11) is 3.90. The van der Waals surface area contributed by atoms with Gasteiger partial charge >= 0.3 is 12.0 Å². The summed E-state index contributed by atoms with van der Waals surface area (Å²) >= 11 is 0. The molecule has 0 aromatic rings. The number of rotatable bonds is 8. The zero-order valence-electron chi connectivity index (χ0n) is 12.0. The molecule has 1 atom stereocenters. The van der Waals surface area contributed by atoms with Crippen LogP contribution >= 0.6 is 0 Å². The highest BCUT2D eigenvalue weighted by Gasteiger charge is 2.43. The van der Waals surface area contributed by atoms with Gasteiger partial charge in [0.1, 0.15) is 0 Å². The van der Waals surface area contributed by atoms with Crippen LogP contribution in [0, 0.1) is 0 Å². The second kappa shape index (κ2) is 8.03. The van der Waals surface area contributed by atoms with Crippen LogP contribution in [0.1, 0.15) is 6.42 Å². The molecule has 0 spiro atoms. The molecule has 8 heteroatoms. The number of hydrogen-bond donors (Lipinski definition) is 3. The first-order chi connectivity index (χ1) is 9.46. The summed E-state index contributed by atoms with van der Waals surface area (Å²) < 4.78 is 10.4. The second-order valence-electron chi connectivity index (χ2n) is 4.99. The molecule has 0 aromatic heterocycles. The summed E-state index contributed by atoms with van der Waals surface area (Å²) in [6, 6.07) is -0.519. The van der Waals surface area contributed by atoms with Crippen molar-refractivity contribution >= 4 is 12.0 Å². The minimum atomic E-state index is -1.31. The van der Waals surface area contributed by atoms with Crippen LogP contribution in [0.5, 0.6) is 0 Å². The van der Waals surface area contributed by atoms with Gasteiger partial charge in [-0.05, 0) is 14.1 Å². The van der Waals surface area contributed by atoms with Gasteiger partial charge in [0.25, 0.3) is 0 Å². The van der Waals surface area contributed by atoms with Gasteiger partial charge in [0.2, 0.25) is 0 Å². The summed E-state index contributed by atoms with van der Waals surface area (Å²) in [6.07, 6.45) is 0.273. The quantitative estimate of drug-likeness (QED) is 0.501. The lowest BCUT2D eigenvalue weighted by molar-refractivity contribution is -0.144. The smallest absolute Gasteiger partial charge is 0.332 e. The topological polar surface area (TPSA) is 100 Å². The number of amides is 2. The first-order valence-electron chi connectivity index (χ1n) is 6.56. The predicted molar refractivity (Wildman–Crippen MR) is 71.7 cm³/mol. The average molecular weight is 289 g/mol. The van der Waals surface area contributed by atoms with E-state index in [0.717, 1.165) is 6.54 Å². The van der Waals surface area contributed by atoms with Crippen molar-refractivity contribution in [2.75, 3.05) is 53.6 Å². The summed E-state index contributed by atoms with van der Waals surface area (Å²) in [5.74, 6) is -1.08. The van der Waals surface area contributed by atoms with Gasteiger partial charge in [0, 0.05) is 26.1 Å². The minimum absolute atomic E-state index is 0.00487. The number of ether oxygens (including phenoxy) is 2. The van der Waals surface area contributed by atoms with Crippen LogP contribution in [0.15, 0.2) is 0 Å². The van der Waals surface area contributed by atoms with E-state index in [2.05, 4.69) is 10.6 Å². The van der Waals surface area contributed by atoms with E-state index in [1.807, 2.05) is 19.0 Å². The molecule has 1 fully saturated rings. The van der Waals surface area contributed by atoms with E-state index in [-0.39, 0.29) is 13.0 Å². The molecule has 1 saturated heterocycles. The molecule has 0 saturated carbocycles. The maximum Gasteiger partial charge on any atom is 0.332 e. The van der Waals surface area contributed by atoms with Crippen molar-refractivity contribution in [1.29, 1.82) is 0 Å². The van der Waals surface area contributed by atoms with E-state index in [0.29, 0.717) is 26.4 Å². The minimum Gasteiger partial charge on any atom is -0.479 e. The van der Waals surface area contributed by atoms with Crippen molar-refractivity contribution in [3.63, 3.8) is 0 Å². The Morgan fingerprint density at radius 1 is 1.40 bits per heavy atom. The lowest BCUT2D eigenvalue weighted by Gasteiger charge is -2.23. The molecule has 0 aliphatic carbocycles. The number of carbonyl (C=O) groups is 2. The number of urea groups is 1. The first kappa shape index (κ1) is 16.7. The Balaban J connectivity index is 2.18. The van der Waals surface area contributed by atoms with Gasteiger partial charge in [0.15, 0.2) is 5.54 Å². The summed E-state index contributed by atoms with van der Waals surface area (Å²) in [6.45, 7) is 2.44. The zero-order chi connectivity index (χ0) is 15.0. The molecule has 116 valence electrons. The molecule has 1 heterocycles. The van der Waals surface area contributed by atoms with E-state index < -0.39 is 17.5 Å². The molecule has 0 aromatic carbocycles. The fourth-order valence-electron chi connectivity index (χ4n) is 1.73. The van der Waals surface area contributed by atoms with Crippen LogP contribution in [0.2, 0.25) is 0 Å². The van der Waals surface area contributed by atoms with Crippen molar-refractivity contribution in [1.82, 2.24) is 15.5 Å². The number of likely N-dealkylation sites (N-methyl/N-ethyl adjacent to an activating group) is 1. The second-order valence-corrected chi connectivity index (χ2v) is 4.99. The number of carboxylic acid groups (broad SMARTS) is 1. The SMILES string of the molecule is CN(C)CCOCCNC(=O)NC1(C(=O)O)CCOC1. The Bertz CT molecular complexity index is 329. The zero-order valence-corrected chi connectivity index (χ0v) is 12.0.